The van der Waals surface area contributed by atoms with E-state index >= 15 is 0 Å². The Morgan fingerprint density at radius 3 is 3.08 bits per heavy atom. The number of hydrogen-bond acceptors (Lipinski definition) is 6. The first kappa shape index (κ1) is 7.17. The molecule has 0 amide bonds. The third-order valence-electron chi connectivity index (χ3n) is 1.28. The maximum absolute atomic E-state index is 5.33. The van der Waals surface area contributed by atoms with Gasteiger partial charge in [0.25, 0.3) is 0 Å². The van der Waals surface area contributed by atoms with E-state index in [1.54, 1.807) is 11.0 Å². The van der Waals surface area contributed by atoms with Crippen LogP contribution < -0.4 is 5.73 Å². The normalized spacial score (nSPS) is 10.3. The minimum absolute atomic E-state index is 0.276. The zero-order chi connectivity index (χ0) is 8.39. The van der Waals surface area contributed by atoms with Gasteiger partial charge in [-0.3, -0.25) is 0 Å². The van der Waals surface area contributed by atoms with Gasteiger partial charge in [-0.15, -0.1) is 10.2 Å². The number of rotatable bonds is 2. The zero-order valence-corrected chi connectivity index (χ0v) is 6.90. The Morgan fingerprint density at radius 1 is 1.58 bits per heavy atom. The van der Waals surface area contributed by atoms with Crippen molar-refractivity contribution >= 4 is 17.5 Å². The number of hydrogen-bond donors (Lipinski definition) is 1. The van der Waals surface area contributed by atoms with Crippen molar-refractivity contribution in [3.63, 3.8) is 0 Å². The summed E-state index contributed by atoms with van der Waals surface area (Å²) in [5.41, 5.74) is 6.20. The molecule has 62 valence electrons. The fourth-order valence-electron chi connectivity index (χ4n) is 0.804. The molecule has 0 fully saturated rings. The molecular weight excluding hydrogens is 176 g/mol. The van der Waals surface area contributed by atoms with Crippen LogP contribution in [0.5, 0.6) is 0 Å². The predicted octanol–water partition coefficient (Wildman–Crippen LogP) is -0.240. The lowest BCUT2D eigenvalue weighted by atomic mass is 10.5. The molecule has 0 atom stereocenters. The standard InChI is InChI=1S/C5H6N6S/c6-5-7-3-11(9-5)1-4-2-12-10-8-4/h2-3H,1H2,(H2,6,9). The summed E-state index contributed by atoms with van der Waals surface area (Å²) in [7, 11) is 0. The summed E-state index contributed by atoms with van der Waals surface area (Å²) in [5.74, 6) is 0.276. The molecule has 2 aromatic heterocycles. The molecule has 0 aliphatic carbocycles. The number of nitrogens with zero attached hydrogens (tertiary/aromatic N) is 5. The Kier molecular flexibility index (Phi) is 1.71. The monoisotopic (exact) mass is 182 g/mol. The highest BCUT2D eigenvalue weighted by atomic mass is 32.1. The van der Waals surface area contributed by atoms with Crippen molar-refractivity contribution in [1.82, 2.24) is 24.4 Å². The molecule has 2 rings (SSSR count). The number of nitrogen functional groups attached to an aromatic ring is 1. The molecular formula is C5H6N6S. The largest absolute Gasteiger partial charge is 0.367 e. The van der Waals surface area contributed by atoms with Crippen LogP contribution in [0.4, 0.5) is 5.95 Å². The summed E-state index contributed by atoms with van der Waals surface area (Å²) in [4.78, 5) is 3.78. The smallest absolute Gasteiger partial charge is 0.239 e. The molecule has 0 bridgehead atoms. The van der Waals surface area contributed by atoms with E-state index in [9.17, 15) is 0 Å². The molecule has 2 aromatic rings. The number of anilines is 1. The van der Waals surface area contributed by atoms with Crippen LogP contribution in [-0.4, -0.2) is 24.4 Å². The average molecular weight is 182 g/mol. The Labute approximate surface area is 72.2 Å². The second kappa shape index (κ2) is 2.86. The van der Waals surface area contributed by atoms with E-state index in [2.05, 4.69) is 19.7 Å². The van der Waals surface area contributed by atoms with Gasteiger partial charge in [-0.1, -0.05) is 4.49 Å². The summed E-state index contributed by atoms with van der Waals surface area (Å²) in [6.45, 7) is 0.570. The SMILES string of the molecule is Nc1ncn(Cc2csnn2)n1. The maximum Gasteiger partial charge on any atom is 0.239 e. The molecule has 0 aliphatic heterocycles. The molecule has 0 aliphatic rings. The van der Waals surface area contributed by atoms with Gasteiger partial charge < -0.3 is 5.73 Å². The summed E-state index contributed by atoms with van der Waals surface area (Å²) in [5, 5.41) is 9.62. The molecule has 2 heterocycles. The van der Waals surface area contributed by atoms with Gasteiger partial charge in [0.05, 0.1) is 12.2 Å². The van der Waals surface area contributed by atoms with Crippen LogP contribution in [0.3, 0.4) is 0 Å². The maximum atomic E-state index is 5.33. The molecule has 0 saturated carbocycles. The van der Waals surface area contributed by atoms with Gasteiger partial charge >= 0.3 is 0 Å². The topological polar surface area (TPSA) is 82.5 Å². The highest BCUT2D eigenvalue weighted by Crippen LogP contribution is 1.99. The van der Waals surface area contributed by atoms with Crippen LogP contribution in [0, 0.1) is 0 Å². The minimum Gasteiger partial charge on any atom is -0.367 e. The molecule has 0 saturated heterocycles. The van der Waals surface area contributed by atoms with Crippen LogP contribution in [0.1, 0.15) is 5.69 Å². The number of aromatic nitrogens is 5. The summed E-state index contributed by atoms with van der Waals surface area (Å²) >= 11 is 1.31. The highest BCUT2D eigenvalue weighted by molar-refractivity contribution is 7.03. The van der Waals surface area contributed by atoms with Gasteiger partial charge in [-0.25, -0.2) is 9.67 Å². The summed E-state index contributed by atoms with van der Waals surface area (Å²) < 4.78 is 5.34. The first-order chi connectivity index (χ1) is 5.84. The molecule has 0 unspecified atom stereocenters. The fraction of sp³-hybridized carbons (Fsp3) is 0.200. The van der Waals surface area contributed by atoms with Crippen LogP contribution >= 0.6 is 11.5 Å². The van der Waals surface area contributed by atoms with Gasteiger partial charge in [0.2, 0.25) is 5.95 Å². The van der Waals surface area contributed by atoms with E-state index in [4.69, 9.17) is 5.73 Å². The van der Waals surface area contributed by atoms with Crippen molar-refractivity contribution in [1.29, 1.82) is 0 Å². The van der Waals surface area contributed by atoms with Gasteiger partial charge in [0, 0.05) is 5.38 Å². The van der Waals surface area contributed by atoms with Crippen LogP contribution in [0.2, 0.25) is 0 Å². The van der Waals surface area contributed by atoms with E-state index < -0.39 is 0 Å². The van der Waals surface area contributed by atoms with Gasteiger partial charge in [-0.05, 0) is 11.5 Å². The summed E-state index contributed by atoms with van der Waals surface area (Å²) in [6, 6.07) is 0. The fourth-order valence-corrected chi connectivity index (χ4v) is 1.25. The summed E-state index contributed by atoms with van der Waals surface area (Å²) in [6.07, 6.45) is 1.56. The second-order valence-electron chi connectivity index (χ2n) is 2.20. The van der Waals surface area contributed by atoms with Crippen LogP contribution in [0.15, 0.2) is 11.7 Å². The lowest BCUT2D eigenvalue weighted by molar-refractivity contribution is 0.671. The average Bonchev–Trinajstić information content (AvgIpc) is 2.63. The number of nitrogens with two attached hydrogens (primary N) is 1. The minimum atomic E-state index is 0.276. The quantitative estimate of drug-likeness (QED) is 0.693. The van der Waals surface area contributed by atoms with Crippen molar-refractivity contribution in [2.45, 2.75) is 6.54 Å². The Bertz CT molecular complexity index is 352. The van der Waals surface area contributed by atoms with Crippen molar-refractivity contribution in [3.8, 4) is 0 Å². The zero-order valence-electron chi connectivity index (χ0n) is 6.08. The predicted molar refractivity (Wildman–Crippen MR) is 43.4 cm³/mol. The molecule has 0 radical (unpaired) electrons. The molecule has 2 N–H and O–H groups in total. The van der Waals surface area contributed by atoms with Crippen molar-refractivity contribution in [2.24, 2.45) is 0 Å². The highest BCUT2D eigenvalue weighted by Gasteiger charge is 1.99. The first-order valence-corrected chi connectivity index (χ1v) is 4.09. The Morgan fingerprint density at radius 2 is 2.50 bits per heavy atom. The van der Waals surface area contributed by atoms with Gasteiger partial charge in [0.15, 0.2) is 0 Å². The third kappa shape index (κ3) is 1.40. The third-order valence-corrected chi connectivity index (χ3v) is 1.84. The van der Waals surface area contributed by atoms with Gasteiger partial charge in [0.1, 0.15) is 6.33 Å². The van der Waals surface area contributed by atoms with E-state index in [0.29, 0.717) is 6.54 Å². The van der Waals surface area contributed by atoms with Crippen LogP contribution in [0.25, 0.3) is 0 Å². The molecule has 7 heteroatoms. The van der Waals surface area contributed by atoms with Gasteiger partial charge in [-0.2, -0.15) is 0 Å². The van der Waals surface area contributed by atoms with Crippen molar-refractivity contribution in [2.75, 3.05) is 5.73 Å². The first-order valence-electron chi connectivity index (χ1n) is 3.25. The van der Waals surface area contributed by atoms with E-state index in [1.807, 2.05) is 5.38 Å². The molecule has 0 spiro atoms. The van der Waals surface area contributed by atoms with Crippen molar-refractivity contribution < 1.29 is 0 Å². The second-order valence-corrected chi connectivity index (χ2v) is 2.81. The lowest BCUT2D eigenvalue weighted by Crippen LogP contribution is -2.01. The van der Waals surface area contributed by atoms with E-state index in [1.165, 1.54) is 11.5 Å². The molecule has 0 aromatic carbocycles. The molecule has 12 heavy (non-hydrogen) atoms. The Hall–Kier alpha value is -1.50. The van der Waals surface area contributed by atoms with Crippen molar-refractivity contribution in [3.05, 3.63) is 17.4 Å². The van der Waals surface area contributed by atoms with Crippen LogP contribution in [-0.2, 0) is 6.54 Å². The lowest BCUT2D eigenvalue weighted by Gasteiger charge is -1.92. The van der Waals surface area contributed by atoms with E-state index in [-0.39, 0.29) is 5.95 Å². The molecule has 6 nitrogen and oxygen atoms in total. The Balaban J connectivity index is 2.14. The van der Waals surface area contributed by atoms with E-state index in [0.717, 1.165) is 5.69 Å².